The Morgan fingerprint density at radius 1 is 1.25 bits per heavy atom. The van der Waals surface area contributed by atoms with Crippen LogP contribution in [-0.2, 0) is 6.42 Å². The number of halogens is 1. The Labute approximate surface area is 122 Å². The first-order chi connectivity index (χ1) is 9.63. The van der Waals surface area contributed by atoms with E-state index in [0.717, 1.165) is 17.7 Å². The molecule has 0 aliphatic rings. The van der Waals surface area contributed by atoms with E-state index in [1.807, 2.05) is 24.3 Å². The second-order valence-electron chi connectivity index (χ2n) is 4.34. The number of nitrogens with two attached hydrogens (primary N) is 1. The normalized spacial score (nSPS) is 10.2. The van der Waals surface area contributed by atoms with Gasteiger partial charge in [-0.1, -0.05) is 30.7 Å². The highest BCUT2D eigenvalue weighted by Gasteiger charge is 2.12. The average Bonchev–Trinajstić information content (AvgIpc) is 2.47. The number of benzene rings is 2. The molecular formula is C15H16ClN3O. The maximum Gasteiger partial charge on any atom is 0.257 e. The number of nitrogen functional groups attached to an aromatic ring is 1. The monoisotopic (exact) mass is 289 g/mol. The van der Waals surface area contributed by atoms with E-state index in [2.05, 4.69) is 17.7 Å². The lowest BCUT2D eigenvalue weighted by Crippen LogP contribution is -2.17. The number of rotatable bonds is 4. The zero-order chi connectivity index (χ0) is 14.5. The van der Waals surface area contributed by atoms with Crippen LogP contribution in [0.4, 0.5) is 11.4 Å². The van der Waals surface area contributed by atoms with Gasteiger partial charge in [0.1, 0.15) is 0 Å². The van der Waals surface area contributed by atoms with Crippen molar-refractivity contribution >= 4 is 28.9 Å². The summed E-state index contributed by atoms with van der Waals surface area (Å²) in [5.41, 5.74) is 5.33. The van der Waals surface area contributed by atoms with Crippen LogP contribution in [0.25, 0.3) is 0 Å². The first kappa shape index (κ1) is 14.4. The van der Waals surface area contributed by atoms with Gasteiger partial charge in [0.05, 0.1) is 11.3 Å². The molecule has 4 N–H and O–H groups in total. The Hall–Kier alpha value is -2.04. The van der Waals surface area contributed by atoms with Gasteiger partial charge in [-0.15, -0.1) is 0 Å². The second-order valence-corrected chi connectivity index (χ2v) is 4.78. The summed E-state index contributed by atoms with van der Waals surface area (Å²) in [5.74, 6) is 5.15. The Kier molecular flexibility index (Phi) is 4.61. The van der Waals surface area contributed by atoms with Crippen molar-refractivity contribution in [2.75, 3.05) is 10.7 Å². The van der Waals surface area contributed by atoms with Gasteiger partial charge in [0.25, 0.3) is 5.91 Å². The van der Waals surface area contributed by atoms with E-state index in [1.165, 1.54) is 0 Å². The molecule has 5 heteroatoms. The van der Waals surface area contributed by atoms with Crippen LogP contribution in [0, 0.1) is 0 Å². The van der Waals surface area contributed by atoms with Crippen molar-refractivity contribution in [3.05, 3.63) is 58.6 Å². The molecule has 0 saturated heterocycles. The number of nitrogens with one attached hydrogen (secondary N) is 2. The number of amides is 1. The first-order valence-electron chi connectivity index (χ1n) is 6.30. The van der Waals surface area contributed by atoms with Crippen molar-refractivity contribution in [3.8, 4) is 0 Å². The minimum atomic E-state index is -0.256. The quantitative estimate of drug-likeness (QED) is 0.596. The van der Waals surface area contributed by atoms with Crippen LogP contribution in [0.5, 0.6) is 0 Å². The second kappa shape index (κ2) is 6.41. The first-order valence-corrected chi connectivity index (χ1v) is 6.68. The summed E-state index contributed by atoms with van der Waals surface area (Å²) in [6.07, 6.45) is 0.913. The minimum Gasteiger partial charge on any atom is -0.323 e. The van der Waals surface area contributed by atoms with Crippen molar-refractivity contribution in [1.82, 2.24) is 0 Å². The highest BCUT2D eigenvalue weighted by Crippen LogP contribution is 2.21. The van der Waals surface area contributed by atoms with Gasteiger partial charge in [-0.2, -0.15) is 0 Å². The molecule has 0 radical (unpaired) electrons. The fourth-order valence-corrected chi connectivity index (χ4v) is 2.07. The van der Waals surface area contributed by atoms with Gasteiger partial charge in [-0.25, -0.2) is 0 Å². The van der Waals surface area contributed by atoms with E-state index in [-0.39, 0.29) is 5.91 Å². The van der Waals surface area contributed by atoms with E-state index < -0.39 is 0 Å². The molecule has 0 aromatic heterocycles. The average molecular weight is 290 g/mol. The lowest BCUT2D eigenvalue weighted by Gasteiger charge is -2.10. The zero-order valence-electron chi connectivity index (χ0n) is 11.1. The van der Waals surface area contributed by atoms with Crippen LogP contribution in [0.1, 0.15) is 22.8 Å². The molecule has 0 saturated carbocycles. The molecule has 0 aliphatic carbocycles. The Bertz CT molecular complexity index is 628. The molecule has 20 heavy (non-hydrogen) atoms. The van der Waals surface area contributed by atoms with E-state index in [1.54, 1.807) is 18.2 Å². The van der Waals surface area contributed by atoms with Gasteiger partial charge in [-0.3, -0.25) is 10.6 Å². The molecule has 2 rings (SSSR count). The Balaban J connectivity index is 2.25. The van der Waals surface area contributed by atoms with Crippen molar-refractivity contribution in [2.24, 2.45) is 5.84 Å². The molecular weight excluding hydrogens is 274 g/mol. The Morgan fingerprint density at radius 3 is 2.75 bits per heavy atom. The predicted octanol–water partition coefficient (Wildman–Crippen LogP) is 3.44. The summed E-state index contributed by atoms with van der Waals surface area (Å²) in [4.78, 5) is 12.3. The van der Waals surface area contributed by atoms with Crippen LogP contribution in [0.3, 0.4) is 0 Å². The molecule has 0 unspecified atom stereocenters. The van der Waals surface area contributed by atoms with Crippen molar-refractivity contribution in [1.29, 1.82) is 0 Å². The fraction of sp³-hybridized carbons (Fsp3) is 0.133. The van der Waals surface area contributed by atoms with E-state index in [0.29, 0.717) is 16.3 Å². The molecule has 0 aliphatic heterocycles. The molecule has 0 atom stereocenters. The fourth-order valence-electron chi connectivity index (χ4n) is 1.90. The largest absolute Gasteiger partial charge is 0.323 e. The number of aryl methyl sites for hydroxylation is 1. The highest BCUT2D eigenvalue weighted by atomic mass is 35.5. The number of hydrogen-bond donors (Lipinski definition) is 3. The molecule has 0 heterocycles. The molecule has 2 aromatic rings. The van der Waals surface area contributed by atoms with Crippen molar-refractivity contribution in [3.63, 3.8) is 0 Å². The maximum absolute atomic E-state index is 12.3. The maximum atomic E-state index is 12.3. The number of carbonyl (C=O) groups is 1. The molecule has 4 nitrogen and oxygen atoms in total. The third-order valence-corrected chi connectivity index (χ3v) is 3.21. The molecule has 2 aromatic carbocycles. The third kappa shape index (κ3) is 3.29. The van der Waals surface area contributed by atoms with Gasteiger partial charge in [0, 0.05) is 10.7 Å². The van der Waals surface area contributed by atoms with Crippen molar-refractivity contribution < 1.29 is 4.79 Å². The number of hydrogen-bond acceptors (Lipinski definition) is 3. The summed E-state index contributed by atoms with van der Waals surface area (Å²) in [5, 5.41) is 3.32. The molecule has 1 amide bonds. The predicted molar refractivity (Wildman–Crippen MR) is 83.0 cm³/mol. The van der Waals surface area contributed by atoms with Crippen molar-refractivity contribution in [2.45, 2.75) is 13.3 Å². The van der Waals surface area contributed by atoms with Crippen LogP contribution in [0.2, 0.25) is 5.02 Å². The van der Waals surface area contributed by atoms with Gasteiger partial charge in [0.15, 0.2) is 0 Å². The summed E-state index contributed by atoms with van der Waals surface area (Å²) in [6.45, 7) is 2.06. The SMILES string of the molecule is CCc1cccc(NC(=O)c2cc(Cl)ccc2NN)c1. The van der Waals surface area contributed by atoms with Crippen LogP contribution >= 0.6 is 11.6 Å². The van der Waals surface area contributed by atoms with Crippen LogP contribution < -0.4 is 16.6 Å². The molecule has 0 fully saturated rings. The summed E-state index contributed by atoms with van der Waals surface area (Å²) in [7, 11) is 0. The Morgan fingerprint density at radius 2 is 2.05 bits per heavy atom. The van der Waals surface area contributed by atoms with Gasteiger partial charge in [0.2, 0.25) is 0 Å². The summed E-state index contributed by atoms with van der Waals surface area (Å²) < 4.78 is 0. The van der Waals surface area contributed by atoms with Gasteiger partial charge >= 0.3 is 0 Å². The smallest absolute Gasteiger partial charge is 0.257 e. The van der Waals surface area contributed by atoms with Crippen LogP contribution in [-0.4, -0.2) is 5.91 Å². The number of anilines is 2. The molecule has 0 bridgehead atoms. The summed E-state index contributed by atoms with van der Waals surface area (Å²) >= 11 is 5.92. The van der Waals surface area contributed by atoms with Gasteiger partial charge in [-0.05, 0) is 42.3 Å². The topological polar surface area (TPSA) is 67.2 Å². The van der Waals surface area contributed by atoms with E-state index >= 15 is 0 Å². The minimum absolute atomic E-state index is 0.256. The molecule has 104 valence electrons. The summed E-state index contributed by atoms with van der Waals surface area (Å²) in [6, 6.07) is 12.6. The van der Waals surface area contributed by atoms with E-state index in [9.17, 15) is 4.79 Å². The lowest BCUT2D eigenvalue weighted by molar-refractivity contribution is 0.102. The standard InChI is InChI=1S/C15H16ClN3O/c1-2-10-4-3-5-12(8-10)18-15(20)13-9-11(16)6-7-14(13)19-17/h3-9,19H,2,17H2,1H3,(H,18,20). The molecule has 0 spiro atoms. The number of hydrazine groups is 1. The zero-order valence-corrected chi connectivity index (χ0v) is 11.9. The highest BCUT2D eigenvalue weighted by molar-refractivity contribution is 6.31. The third-order valence-electron chi connectivity index (χ3n) is 2.97. The van der Waals surface area contributed by atoms with E-state index in [4.69, 9.17) is 17.4 Å². The number of carbonyl (C=O) groups excluding carboxylic acids is 1. The van der Waals surface area contributed by atoms with Gasteiger partial charge < -0.3 is 10.7 Å². The lowest BCUT2D eigenvalue weighted by atomic mass is 10.1. The van der Waals surface area contributed by atoms with Crippen LogP contribution in [0.15, 0.2) is 42.5 Å².